The molecule has 6 heteroatoms. The second-order valence-electron chi connectivity index (χ2n) is 5.64. The number of nitrogens with zero attached hydrogens (tertiary/aromatic N) is 1. The second-order valence-corrected chi connectivity index (χ2v) is 6.45. The highest BCUT2D eigenvalue weighted by atomic mass is 35.5. The Morgan fingerprint density at radius 1 is 1.25 bits per heavy atom. The molecule has 0 aliphatic rings. The van der Waals surface area contributed by atoms with Crippen LogP contribution in [0, 0.1) is 11.3 Å². The van der Waals surface area contributed by atoms with Crippen LogP contribution < -0.4 is 10.2 Å². The van der Waals surface area contributed by atoms with Crippen molar-refractivity contribution < 1.29 is 9.69 Å². The number of nitrogens with one attached hydrogen (secondary N) is 2. The first-order chi connectivity index (χ1) is 11.4. The lowest BCUT2D eigenvalue weighted by Crippen LogP contribution is -3.12. The molecule has 0 spiro atoms. The van der Waals surface area contributed by atoms with E-state index in [1.54, 1.807) is 30.3 Å². The fourth-order valence-corrected chi connectivity index (χ4v) is 2.60. The minimum atomic E-state index is -0.300. The first-order valence-electron chi connectivity index (χ1n) is 7.48. The Labute approximate surface area is 151 Å². The fourth-order valence-electron chi connectivity index (χ4n) is 2.28. The number of nitriles is 1. The van der Waals surface area contributed by atoms with Gasteiger partial charge in [0.15, 0.2) is 6.04 Å². The van der Waals surface area contributed by atoms with Gasteiger partial charge in [0.25, 0.3) is 5.91 Å². The van der Waals surface area contributed by atoms with Crippen LogP contribution in [0.5, 0.6) is 0 Å². The normalized spacial score (nSPS) is 13.0. The van der Waals surface area contributed by atoms with Crippen LogP contribution in [0.4, 0.5) is 5.69 Å². The Morgan fingerprint density at radius 3 is 2.62 bits per heavy atom. The number of likely N-dealkylation sites (N-methyl/N-ethyl adjacent to an activating group) is 1. The molecule has 0 fully saturated rings. The van der Waals surface area contributed by atoms with E-state index in [1.807, 2.05) is 26.1 Å². The maximum atomic E-state index is 12.4. The number of rotatable bonds is 5. The van der Waals surface area contributed by atoms with Crippen LogP contribution >= 0.6 is 23.2 Å². The van der Waals surface area contributed by atoms with E-state index in [0.29, 0.717) is 27.8 Å². The van der Waals surface area contributed by atoms with Crippen LogP contribution in [0.25, 0.3) is 0 Å². The van der Waals surface area contributed by atoms with E-state index in [9.17, 15) is 4.79 Å². The number of hydrogen-bond donors (Lipinski definition) is 2. The van der Waals surface area contributed by atoms with E-state index in [1.165, 1.54) is 0 Å². The summed E-state index contributed by atoms with van der Waals surface area (Å²) in [6.07, 6.45) is 0. The molecule has 1 amide bonds. The maximum absolute atomic E-state index is 12.4. The van der Waals surface area contributed by atoms with Gasteiger partial charge < -0.3 is 10.2 Å². The molecule has 0 heterocycles. The largest absolute Gasteiger partial charge is 0.324 e. The third-order valence-electron chi connectivity index (χ3n) is 3.90. The van der Waals surface area contributed by atoms with Gasteiger partial charge in [0, 0.05) is 5.56 Å². The number of amides is 1. The third kappa shape index (κ3) is 4.48. The summed E-state index contributed by atoms with van der Waals surface area (Å²) in [7, 11) is 1.93. The molecule has 1 unspecified atom stereocenters. The molecule has 24 heavy (non-hydrogen) atoms. The van der Waals surface area contributed by atoms with Crippen molar-refractivity contribution in [1.82, 2.24) is 0 Å². The molecule has 0 radical (unpaired) electrons. The lowest BCUT2D eigenvalue weighted by Gasteiger charge is -2.21. The smallest absolute Gasteiger partial charge is 0.282 e. The van der Waals surface area contributed by atoms with Crippen LogP contribution in [0.1, 0.15) is 18.1 Å². The molecule has 2 aromatic carbocycles. The number of quaternary nitrogens is 1. The van der Waals surface area contributed by atoms with Crippen molar-refractivity contribution in [2.24, 2.45) is 0 Å². The molecule has 0 aliphatic carbocycles. The average molecular weight is 363 g/mol. The number of carbonyl (C=O) groups is 1. The summed E-state index contributed by atoms with van der Waals surface area (Å²) in [5.74, 6) is -0.143. The monoisotopic (exact) mass is 362 g/mol. The van der Waals surface area contributed by atoms with Gasteiger partial charge in [-0.1, -0.05) is 41.4 Å². The summed E-state index contributed by atoms with van der Waals surface area (Å²) in [6.45, 7) is 2.47. The van der Waals surface area contributed by atoms with Crippen LogP contribution in [0.3, 0.4) is 0 Å². The predicted molar refractivity (Wildman–Crippen MR) is 96.3 cm³/mol. The molecule has 124 valence electrons. The lowest BCUT2D eigenvalue weighted by molar-refractivity contribution is -0.907. The zero-order valence-corrected chi connectivity index (χ0v) is 14.9. The highest BCUT2D eigenvalue weighted by Gasteiger charge is 2.23. The molecule has 0 saturated heterocycles. The molecule has 2 N–H and O–H groups in total. The van der Waals surface area contributed by atoms with E-state index in [2.05, 4.69) is 11.4 Å². The van der Waals surface area contributed by atoms with E-state index >= 15 is 0 Å². The molecule has 0 aliphatic heterocycles. The first kappa shape index (κ1) is 18.3. The number of halogens is 2. The lowest BCUT2D eigenvalue weighted by atomic mass is 10.1. The van der Waals surface area contributed by atoms with Crippen molar-refractivity contribution in [3.05, 3.63) is 63.6 Å². The van der Waals surface area contributed by atoms with Crippen molar-refractivity contribution in [2.75, 3.05) is 12.4 Å². The Hall–Kier alpha value is -2.06. The molecule has 2 rings (SSSR count). The van der Waals surface area contributed by atoms with Crippen molar-refractivity contribution in [3.63, 3.8) is 0 Å². The molecular formula is C18H18Cl2N3O+. The van der Waals surface area contributed by atoms with Crippen molar-refractivity contribution in [1.29, 1.82) is 5.26 Å². The minimum absolute atomic E-state index is 0.143. The molecular weight excluding hydrogens is 345 g/mol. The number of para-hydroxylation sites is 1. The number of carbonyl (C=O) groups excluding carboxylic acids is 1. The minimum Gasteiger partial charge on any atom is -0.324 e. The van der Waals surface area contributed by atoms with Gasteiger partial charge in [-0.2, -0.15) is 5.26 Å². The Balaban J connectivity index is 2.04. The highest BCUT2D eigenvalue weighted by molar-refractivity contribution is 6.42. The average Bonchev–Trinajstić information content (AvgIpc) is 2.57. The third-order valence-corrected chi connectivity index (χ3v) is 4.64. The number of hydrogen-bond acceptors (Lipinski definition) is 2. The van der Waals surface area contributed by atoms with Gasteiger partial charge in [0.1, 0.15) is 12.6 Å². The molecule has 2 aromatic rings. The Bertz CT molecular complexity index is 786. The fraction of sp³-hybridized carbons (Fsp3) is 0.222. The summed E-state index contributed by atoms with van der Waals surface area (Å²) in [4.78, 5) is 13.4. The zero-order chi connectivity index (χ0) is 17.7. The first-order valence-corrected chi connectivity index (χ1v) is 8.24. The van der Waals surface area contributed by atoms with Gasteiger partial charge in [-0.15, -0.1) is 0 Å². The van der Waals surface area contributed by atoms with E-state index < -0.39 is 0 Å². The van der Waals surface area contributed by atoms with Gasteiger partial charge in [-0.3, -0.25) is 4.79 Å². The quantitative estimate of drug-likeness (QED) is 0.858. The van der Waals surface area contributed by atoms with Crippen LogP contribution in [0.15, 0.2) is 42.5 Å². The number of anilines is 1. The van der Waals surface area contributed by atoms with Gasteiger partial charge in [-0.05, 0) is 31.2 Å². The summed E-state index contributed by atoms with van der Waals surface area (Å²) in [5, 5.41) is 12.9. The van der Waals surface area contributed by atoms with Crippen LogP contribution in [-0.2, 0) is 11.3 Å². The summed E-state index contributed by atoms with van der Waals surface area (Å²) in [6, 6.07) is 14.2. The van der Waals surface area contributed by atoms with E-state index in [4.69, 9.17) is 28.5 Å². The summed E-state index contributed by atoms with van der Waals surface area (Å²) < 4.78 is 0. The topological polar surface area (TPSA) is 57.3 Å². The van der Waals surface area contributed by atoms with E-state index in [0.717, 1.165) is 10.5 Å². The number of benzene rings is 2. The zero-order valence-electron chi connectivity index (χ0n) is 13.4. The summed E-state index contributed by atoms with van der Waals surface area (Å²) in [5.41, 5.74) is 1.97. The molecule has 0 bridgehead atoms. The van der Waals surface area contributed by atoms with E-state index in [-0.39, 0.29) is 11.9 Å². The van der Waals surface area contributed by atoms with Gasteiger partial charge in [-0.25, -0.2) is 0 Å². The standard InChI is InChI=1S/C18H17Cl2N3O/c1-12(18(24)22-17-6-4-3-5-14(17)10-21)23(2)11-13-7-8-15(19)16(20)9-13/h3-9,12H,11H2,1-2H3,(H,22,24)/p+1/t12-/m0/s1. The van der Waals surface area contributed by atoms with Gasteiger partial charge >= 0.3 is 0 Å². The van der Waals surface area contributed by atoms with Crippen molar-refractivity contribution >= 4 is 34.8 Å². The maximum Gasteiger partial charge on any atom is 0.282 e. The van der Waals surface area contributed by atoms with Crippen molar-refractivity contribution in [2.45, 2.75) is 19.5 Å². The molecule has 0 aromatic heterocycles. The SMILES string of the molecule is C[C@@H](C(=O)Nc1ccccc1C#N)[NH+](C)Cc1ccc(Cl)c(Cl)c1. The van der Waals surface area contributed by atoms with Crippen LogP contribution in [0.2, 0.25) is 10.0 Å². The molecule has 0 saturated carbocycles. The predicted octanol–water partition coefficient (Wildman–Crippen LogP) is 2.91. The van der Waals surface area contributed by atoms with Gasteiger partial charge in [0.2, 0.25) is 0 Å². The van der Waals surface area contributed by atoms with Crippen LogP contribution in [-0.4, -0.2) is 19.0 Å². The molecule has 4 nitrogen and oxygen atoms in total. The summed E-state index contributed by atoms with van der Waals surface area (Å²) >= 11 is 11.9. The molecule has 2 atom stereocenters. The Kier molecular flexibility index (Phi) is 6.22. The highest BCUT2D eigenvalue weighted by Crippen LogP contribution is 2.22. The van der Waals surface area contributed by atoms with Crippen molar-refractivity contribution in [3.8, 4) is 6.07 Å². The van der Waals surface area contributed by atoms with Gasteiger partial charge in [0.05, 0.1) is 28.3 Å². The Morgan fingerprint density at radius 2 is 1.96 bits per heavy atom. The second kappa shape index (κ2) is 8.16.